The number of benzene rings is 1. The lowest BCUT2D eigenvalue weighted by atomic mass is 10.2. The fourth-order valence-electron chi connectivity index (χ4n) is 1.13. The molecule has 0 unspecified atom stereocenters. The minimum atomic E-state index is 0.593. The lowest BCUT2D eigenvalue weighted by molar-refractivity contribution is 0.404. The van der Waals surface area contributed by atoms with E-state index in [2.05, 4.69) is 32.9 Å². The van der Waals surface area contributed by atoms with Crippen LogP contribution in [-0.2, 0) is 0 Å². The van der Waals surface area contributed by atoms with Gasteiger partial charge in [0.2, 0.25) is 0 Å². The lowest BCUT2D eigenvalue weighted by Crippen LogP contribution is -1.91. The molecule has 0 saturated heterocycles. The predicted octanol–water partition coefficient (Wildman–Crippen LogP) is 3.50. The Bertz CT molecular complexity index is 281. The van der Waals surface area contributed by atoms with Gasteiger partial charge in [0.1, 0.15) is 5.75 Å². The maximum atomic E-state index is 5.28. The van der Waals surface area contributed by atoms with Gasteiger partial charge in [-0.15, -0.1) is 11.8 Å². The summed E-state index contributed by atoms with van der Waals surface area (Å²) < 4.78 is 5.28. The Morgan fingerprint density at radius 1 is 1.31 bits per heavy atom. The number of hydrogen-bond donors (Lipinski definition) is 0. The first-order valence-electron chi connectivity index (χ1n) is 4.44. The van der Waals surface area contributed by atoms with Crippen LogP contribution in [0.2, 0.25) is 0 Å². The summed E-state index contributed by atoms with van der Waals surface area (Å²) in [6.45, 7) is 6.47. The first-order valence-corrected chi connectivity index (χ1v) is 5.32. The van der Waals surface area contributed by atoms with Gasteiger partial charge in [-0.2, -0.15) is 0 Å². The fourth-order valence-corrected chi connectivity index (χ4v) is 2.16. The Kier molecular flexibility index (Phi) is 3.67. The first kappa shape index (κ1) is 10.5. The molecular formula is C11H16OS. The van der Waals surface area contributed by atoms with E-state index in [0.29, 0.717) is 5.25 Å². The minimum Gasteiger partial charge on any atom is -0.496 e. The van der Waals surface area contributed by atoms with Crippen LogP contribution in [0.25, 0.3) is 0 Å². The normalized spacial score (nSPS) is 10.5. The second kappa shape index (κ2) is 4.56. The third-order valence-electron chi connectivity index (χ3n) is 1.68. The van der Waals surface area contributed by atoms with Crippen molar-refractivity contribution in [3.05, 3.63) is 23.8 Å². The van der Waals surface area contributed by atoms with Crippen LogP contribution in [0.3, 0.4) is 0 Å². The fraction of sp³-hybridized carbons (Fsp3) is 0.455. The average molecular weight is 196 g/mol. The van der Waals surface area contributed by atoms with E-state index < -0.39 is 0 Å². The van der Waals surface area contributed by atoms with Gasteiger partial charge < -0.3 is 4.74 Å². The highest BCUT2D eigenvalue weighted by Gasteiger charge is 2.05. The van der Waals surface area contributed by atoms with Gasteiger partial charge in [-0.25, -0.2) is 0 Å². The van der Waals surface area contributed by atoms with Gasteiger partial charge in [-0.1, -0.05) is 19.9 Å². The van der Waals surface area contributed by atoms with Gasteiger partial charge in [0, 0.05) is 10.1 Å². The summed E-state index contributed by atoms with van der Waals surface area (Å²) in [5, 5.41) is 0.593. The van der Waals surface area contributed by atoms with Crippen molar-refractivity contribution in [2.45, 2.75) is 30.9 Å². The molecule has 0 aromatic heterocycles. The van der Waals surface area contributed by atoms with Gasteiger partial charge in [0.05, 0.1) is 7.11 Å². The quantitative estimate of drug-likeness (QED) is 0.684. The molecule has 2 heteroatoms. The van der Waals surface area contributed by atoms with Crippen molar-refractivity contribution in [3.63, 3.8) is 0 Å². The summed E-state index contributed by atoms with van der Waals surface area (Å²) in [4.78, 5) is 1.23. The molecule has 0 radical (unpaired) electrons. The van der Waals surface area contributed by atoms with Gasteiger partial charge >= 0.3 is 0 Å². The van der Waals surface area contributed by atoms with Crippen LogP contribution < -0.4 is 4.74 Å². The topological polar surface area (TPSA) is 9.23 Å². The molecule has 1 nitrogen and oxygen atoms in total. The van der Waals surface area contributed by atoms with Gasteiger partial charge in [0.25, 0.3) is 0 Å². The number of rotatable bonds is 3. The smallest absolute Gasteiger partial charge is 0.132 e. The van der Waals surface area contributed by atoms with Crippen LogP contribution in [0.15, 0.2) is 23.1 Å². The van der Waals surface area contributed by atoms with Crippen molar-refractivity contribution in [2.24, 2.45) is 0 Å². The molecule has 0 atom stereocenters. The molecule has 13 heavy (non-hydrogen) atoms. The molecule has 72 valence electrons. The lowest BCUT2D eigenvalue weighted by Gasteiger charge is -2.10. The molecule has 0 aliphatic rings. The van der Waals surface area contributed by atoms with E-state index >= 15 is 0 Å². The predicted molar refractivity (Wildman–Crippen MR) is 58.7 cm³/mol. The highest BCUT2D eigenvalue weighted by Crippen LogP contribution is 2.32. The average Bonchev–Trinajstić information content (AvgIpc) is 2.03. The summed E-state index contributed by atoms with van der Waals surface area (Å²) in [6.07, 6.45) is 0. The van der Waals surface area contributed by atoms with E-state index in [0.717, 1.165) is 5.75 Å². The van der Waals surface area contributed by atoms with Crippen LogP contribution >= 0.6 is 11.8 Å². The zero-order valence-corrected chi connectivity index (χ0v) is 9.44. The minimum absolute atomic E-state index is 0.593. The number of aryl methyl sites for hydroxylation is 1. The Morgan fingerprint density at radius 2 is 2.00 bits per heavy atom. The summed E-state index contributed by atoms with van der Waals surface area (Å²) >= 11 is 1.84. The van der Waals surface area contributed by atoms with E-state index in [1.54, 1.807) is 7.11 Å². The number of hydrogen-bond acceptors (Lipinski definition) is 2. The largest absolute Gasteiger partial charge is 0.496 e. The summed E-state index contributed by atoms with van der Waals surface area (Å²) in [5.74, 6) is 0.976. The van der Waals surface area contributed by atoms with Crippen molar-refractivity contribution in [1.82, 2.24) is 0 Å². The summed E-state index contributed by atoms with van der Waals surface area (Å²) in [6, 6.07) is 6.27. The zero-order valence-electron chi connectivity index (χ0n) is 8.63. The second-order valence-corrected chi connectivity index (χ2v) is 4.94. The molecule has 1 aromatic rings. The molecule has 0 saturated carbocycles. The third-order valence-corrected chi connectivity index (χ3v) is 2.73. The number of ether oxygens (including phenoxy) is 1. The van der Waals surface area contributed by atoms with Gasteiger partial charge in [0.15, 0.2) is 0 Å². The monoisotopic (exact) mass is 196 g/mol. The first-order chi connectivity index (χ1) is 6.13. The molecule has 1 aromatic carbocycles. The number of thioether (sulfide) groups is 1. The van der Waals surface area contributed by atoms with Crippen molar-refractivity contribution in [2.75, 3.05) is 7.11 Å². The van der Waals surface area contributed by atoms with E-state index in [-0.39, 0.29) is 0 Å². The van der Waals surface area contributed by atoms with Crippen LogP contribution in [0, 0.1) is 6.92 Å². The molecule has 0 aliphatic heterocycles. The SMILES string of the molecule is COc1ccc(C)cc1SC(C)C. The number of methoxy groups -OCH3 is 1. The van der Waals surface area contributed by atoms with E-state index in [1.807, 2.05) is 17.8 Å². The molecule has 0 aliphatic carbocycles. The highest BCUT2D eigenvalue weighted by atomic mass is 32.2. The molecule has 0 N–H and O–H groups in total. The van der Waals surface area contributed by atoms with E-state index in [1.165, 1.54) is 10.5 Å². The molecule has 0 amide bonds. The molecule has 0 bridgehead atoms. The van der Waals surface area contributed by atoms with Crippen LogP contribution in [0.5, 0.6) is 5.75 Å². The summed E-state index contributed by atoms with van der Waals surface area (Å²) in [5.41, 5.74) is 1.28. The van der Waals surface area contributed by atoms with Crippen molar-refractivity contribution < 1.29 is 4.74 Å². The van der Waals surface area contributed by atoms with Crippen LogP contribution in [0.4, 0.5) is 0 Å². The van der Waals surface area contributed by atoms with Crippen molar-refractivity contribution >= 4 is 11.8 Å². The Hall–Kier alpha value is -0.630. The standard InChI is InChI=1S/C11H16OS/c1-8(2)13-11-7-9(3)5-6-10(11)12-4/h5-8H,1-4H3. The van der Waals surface area contributed by atoms with E-state index in [9.17, 15) is 0 Å². The Balaban J connectivity index is 2.94. The maximum Gasteiger partial charge on any atom is 0.132 e. The van der Waals surface area contributed by atoms with Gasteiger partial charge in [-0.05, 0) is 24.6 Å². The van der Waals surface area contributed by atoms with E-state index in [4.69, 9.17) is 4.74 Å². The molecule has 1 rings (SSSR count). The maximum absolute atomic E-state index is 5.28. The Labute approximate surface area is 84.5 Å². The Morgan fingerprint density at radius 3 is 2.54 bits per heavy atom. The molecule has 0 spiro atoms. The molecular weight excluding hydrogens is 180 g/mol. The molecule has 0 fully saturated rings. The molecule has 0 heterocycles. The highest BCUT2D eigenvalue weighted by molar-refractivity contribution is 8.00. The zero-order chi connectivity index (χ0) is 9.84. The van der Waals surface area contributed by atoms with Crippen LogP contribution in [0.1, 0.15) is 19.4 Å². The van der Waals surface area contributed by atoms with Crippen molar-refractivity contribution in [1.29, 1.82) is 0 Å². The van der Waals surface area contributed by atoms with Gasteiger partial charge in [-0.3, -0.25) is 0 Å². The summed E-state index contributed by atoms with van der Waals surface area (Å²) in [7, 11) is 1.72. The van der Waals surface area contributed by atoms with Crippen LogP contribution in [-0.4, -0.2) is 12.4 Å². The van der Waals surface area contributed by atoms with Crippen molar-refractivity contribution in [3.8, 4) is 5.75 Å². The second-order valence-electron chi connectivity index (χ2n) is 3.32. The third kappa shape index (κ3) is 2.96.